The molecule has 0 aromatic carbocycles. The lowest BCUT2D eigenvalue weighted by Crippen LogP contribution is -2.95. The van der Waals surface area contributed by atoms with Gasteiger partial charge >= 0.3 is 0 Å². The van der Waals surface area contributed by atoms with Crippen molar-refractivity contribution in [2.24, 2.45) is 0 Å². The van der Waals surface area contributed by atoms with Crippen LogP contribution in [0.25, 0.3) is 0 Å². The number of quaternary nitrogens is 1. The summed E-state index contributed by atoms with van der Waals surface area (Å²) in [6, 6.07) is 0. The van der Waals surface area contributed by atoms with E-state index >= 15 is 0 Å². The van der Waals surface area contributed by atoms with E-state index in [1.54, 1.807) is 0 Å². The summed E-state index contributed by atoms with van der Waals surface area (Å²) in [7, 11) is 0. The van der Waals surface area contributed by atoms with Crippen molar-refractivity contribution in [3.05, 3.63) is 0 Å². The maximum Gasteiger partial charge on any atom is 0.276 e. The van der Waals surface area contributed by atoms with Crippen molar-refractivity contribution in [3.63, 3.8) is 0 Å². The summed E-state index contributed by atoms with van der Waals surface area (Å²) in [5, 5.41) is 1.62. The summed E-state index contributed by atoms with van der Waals surface area (Å²) >= 11 is 5.11. The van der Waals surface area contributed by atoms with Gasteiger partial charge in [0.2, 0.25) is 0 Å². The Morgan fingerprint density at radius 1 is 1.56 bits per heavy atom. The van der Waals surface area contributed by atoms with Gasteiger partial charge in [-0.05, 0) is 32.4 Å². The first-order valence-corrected chi connectivity index (χ1v) is 3.32. The van der Waals surface area contributed by atoms with E-state index in [2.05, 4.69) is 0 Å². The van der Waals surface area contributed by atoms with Gasteiger partial charge in [-0.25, -0.2) is 0 Å². The number of hydrogen-bond donors (Lipinski definition) is 1. The summed E-state index contributed by atoms with van der Waals surface area (Å²) < 4.78 is 0. The van der Waals surface area contributed by atoms with Crippen LogP contribution in [0.4, 0.5) is 0 Å². The van der Waals surface area contributed by atoms with E-state index in [4.69, 9.17) is 11.6 Å². The molecule has 2 nitrogen and oxygen atoms in total. The van der Waals surface area contributed by atoms with E-state index in [1.165, 1.54) is 0 Å². The van der Waals surface area contributed by atoms with Crippen LogP contribution in [0.2, 0.25) is 0 Å². The van der Waals surface area contributed by atoms with Crippen molar-refractivity contribution in [1.29, 1.82) is 0 Å². The van der Waals surface area contributed by atoms with Gasteiger partial charge in [-0.1, -0.05) is 0 Å². The maximum absolute atomic E-state index is 10.2. The molecule has 54 valence electrons. The van der Waals surface area contributed by atoms with Gasteiger partial charge in [0, 0.05) is 0 Å². The first-order chi connectivity index (χ1) is 3.92. The second-order valence-corrected chi connectivity index (χ2v) is 3.55. The molecule has 0 fully saturated rings. The highest BCUT2D eigenvalue weighted by atomic mass is 35.5. The third-order valence-corrected chi connectivity index (χ3v) is 1.03. The Morgan fingerprint density at radius 3 is 2.11 bits per heavy atom. The van der Waals surface area contributed by atoms with Crippen molar-refractivity contribution < 1.29 is 10.1 Å². The number of nitrogens with two attached hydrogens (primary N) is 1. The molecular weight excluding hydrogens is 138 g/mol. The second kappa shape index (κ2) is 3.18. The quantitative estimate of drug-likeness (QED) is 0.558. The fourth-order valence-corrected chi connectivity index (χ4v) is 0.464. The van der Waals surface area contributed by atoms with Gasteiger partial charge < -0.3 is 5.32 Å². The molecule has 0 saturated carbocycles. The molecule has 0 aromatic rings. The van der Waals surface area contributed by atoms with Crippen LogP contribution in [0.3, 0.4) is 0 Å². The average Bonchev–Trinajstić information content (AvgIpc) is 1.59. The highest BCUT2D eigenvalue weighted by Crippen LogP contribution is 1.88. The van der Waals surface area contributed by atoms with Crippen molar-refractivity contribution >= 4 is 16.8 Å². The van der Waals surface area contributed by atoms with Crippen LogP contribution in [0.1, 0.15) is 20.8 Å². The van der Waals surface area contributed by atoms with Gasteiger partial charge in [0.15, 0.2) is 6.54 Å². The molecule has 0 amide bonds. The minimum absolute atomic E-state index is 0.102. The lowest BCUT2D eigenvalue weighted by molar-refractivity contribution is -0.706. The highest BCUT2D eigenvalue weighted by Gasteiger charge is 2.13. The zero-order chi connectivity index (χ0) is 7.49. The lowest BCUT2D eigenvalue weighted by Gasteiger charge is -2.14. The molecule has 0 aliphatic heterocycles. The Bertz CT molecular complexity index is 106. The van der Waals surface area contributed by atoms with Crippen LogP contribution in [0.5, 0.6) is 0 Å². The molecule has 0 heterocycles. The summed E-state index contributed by atoms with van der Waals surface area (Å²) in [4.78, 5) is 10.2. The summed E-state index contributed by atoms with van der Waals surface area (Å²) in [5.41, 5.74) is 0.102. The predicted octanol–water partition coefficient (Wildman–Crippen LogP) is 0.114. The zero-order valence-electron chi connectivity index (χ0n) is 6.07. The fourth-order valence-electron chi connectivity index (χ4n) is 0.386. The Labute approximate surface area is 60.6 Å². The standard InChI is InChI=1S/C6H12ClNO/c1-6(2,3)8-4-5(7)9/h8H,4H2,1-3H3/p+1. The van der Waals surface area contributed by atoms with Crippen LogP contribution in [0.15, 0.2) is 0 Å². The van der Waals surface area contributed by atoms with Crippen molar-refractivity contribution in [2.75, 3.05) is 6.54 Å². The van der Waals surface area contributed by atoms with Crippen LogP contribution in [0, 0.1) is 0 Å². The fraction of sp³-hybridized carbons (Fsp3) is 0.833. The van der Waals surface area contributed by atoms with Crippen LogP contribution in [-0.2, 0) is 4.79 Å². The Balaban J connectivity index is 3.39. The van der Waals surface area contributed by atoms with Gasteiger partial charge in [-0.2, -0.15) is 0 Å². The minimum Gasteiger partial charge on any atom is -0.335 e. The molecule has 0 aromatic heterocycles. The smallest absolute Gasteiger partial charge is 0.276 e. The Kier molecular flexibility index (Phi) is 3.15. The minimum atomic E-state index is -0.287. The van der Waals surface area contributed by atoms with Crippen molar-refractivity contribution in [2.45, 2.75) is 26.3 Å². The molecule has 0 atom stereocenters. The van der Waals surface area contributed by atoms with Gasteiger partial charge in [-0.3, -0.25) is 4.79 Å². The third kappa shape index (κ3) is 7.92. The SMILES string of the molecule is CC(C)(C)[NH2+]CC(=O)Cl. The van der Waals surface area contributed by atoms with E-state index in [0.29, 0.717) is 6.54 Å². The monoisotopic (exact) mass is 150 g/mol. The molecule has 2 N–H and O–H groups in total. The first-order valence-electron chi connectivity index (χ1n) is 2.94. The molecule has 0 unspecified atom stereocenters. The normalized spacial score (nSPS) is 11.6. The topological polar surface area (TPSA) is 33.7 Å². The van der Waals surface area contributed by atoms with E-state index in [0.717, 1.165) is 0 Å². The molecule has 0 spiro atoms. The largest absolute Gasteiger partial charge is 0.335 e. The van der Waals surface area contributed by atoms with Crippen molar-refractivity contribution in [3.8, 4) is 0 Å². The third-order valence-electron chi connectivity index (χ3n) is 0.875. The second-order valence-electron chi connectivity index (χ2n) is 3.13. The van der Waals surface area contributed by atoms with Gasteiger partial charge in [0.05, 0.1) is 5.54 Å². The molecule has 0 aliphatic carbocycles. The van der Waals surface area contributed by atoms with E-state index in [1.807, 2.05) is 26.1 Å². The predicted molar refractivity (Wildman–Crippen MR) is 37.4 cm³/mol. The van der Waals surface area contributed by atoms with Gasteiger partial charge in [0.25, 0.3) is 5.24 Å². The van der Waals surface area contributed by atoms with Crippen LogP contribution < -0.4 is 5.32 Å². The van der Waals surface area contributed by atoms with E-state index in [9.17, 15) is 4.79 Å². The molecular formula is C6H13ClNO+. The molecule has 0 bridgehead atoms. The number of carbonyl (C=O) groups is 1. The van der Waals surface area contributed by atoms with E-state index in [-0.39, 0.29) is 10.8 Å². The molecule has 0 aliphatic rings. The highest BCUT2D eigenvalue weighted by molar-refractivity contribution is 6.63. The summed E-state index contributed by atoms with van der Waals surface area (Å²) in [5.74, 6) is 0. The lowest BCUT2D eigenvalue weighted by atomic mass is 10.1. The average molecular weight is 151 g/mol. The molecule has 0 rings (SSSR count). The van der Waals surface area contributed by atoms with Crippen molar-refractivity contribution in [1.82, 2.24) is 0 Å². The molecule has 3 heteroatoms. The summed E-state index contributed by atoms with van der Waals surface area (Å²) in [6.07, 6.45) is 0. The number of hydrogen-bond acceptors (Lipinski definition) is 1. The Hall–Kier alpha value is -0.0800. The van der Waals surface area contributed by atoms with Crippen LogP contribution in [-0.4, -0.2) is 17.3 Å². The number of rotatable bonds is 2. The number of halogens is 1. The van der Waals surface area contributed by atoms with Gasteiger partial charge in [-0.15, -0.1) is 0 Å². The Morgan fingerprint density at radius 2 is 2.00 bits per heavy atom. The molecule has 9 heavy (non-hydrogen) atoms. The zero-order valence-corrected chi connectivity index (χ0v) is 6.83. The summed E-state index contributed by atoms with van der Waals surface area (Å²) in [6.45, 7) is 6.47. The maximum atomic E-state index is 10.2. The van der Waals surface area contributed by atoms with Gasteiger partial charge in [0.1, 0.15) is 0 Å². The molecule has 0 radical (unpaired) electrons. The van der Waals surface area contributed by atoms with E-state index < -0.39 is 0 Å². The first kappa shape index (κ1) is 8.92. The molecule has 0 saturated heterocycles. The van der Waals surface area contributed by atoms with Crippen LogP contribution >= 0.6 is 11.6 Å². The number of carbonyl (C=O) groups excluding carboxylic acids is 1.